The molecule has 0 N–H and O–H groups in total. The molecule has 0 spiro atoms. The molecular formula is C18H27NO2. The molecule has 1 aromatic carbocycles. The van der Waals surface area contributed by atoms with Crippen LogP contribution in [0.3, 0.4) is 0 Å². The van der Waals surface area contributed by atoms with Gasteiger partial charge in [0, 0.05) is 19.0 Å². The van der Waals surface area contributed by atoms with Crippen molar-refractivity contribution >= 4 is 5.78 Å². The Balaban J connectivity index is 1.74. The highest BCUT2D eigenvalue weighted by molar-refractivity contribution is 5.76. The normalized spacial score (nSPS) is 20.0. The van der Waals surface area contributed by atoms with Crippen molar-refractivity contribution in [2.75, 3.05) is 19.7 Å². The zero-order valence-corrected chi connectivity index (χ0v) is 13.1. The lowest BCUT2D eigenvalue weighted by molar-refractivity contribution is -0.118. The average molecular weight is 289 g/mol. The van der Waals surface area contributed by atoms with Crippen LogP contribution in [0.15, 0.2) is 30.3 Å². The topological polar surface area (TPSA) is 29.5 Å². The second-order valence-electron chi connectivity index (χ2n) is 5.96. The SMILES string of the molecule is CC(=O)CC1CCCCCN1CCCOc1ccccc1. The summed E-state index contributed by atoms with van der Waals surface area (Å²) in [5, 5.41) is 0. The van der Waals surface area contributed by atoms with Gasteiger partial charge in [0.15, 0.2) is 0 Å². The molecule has 1 fully saturated rings. The molecule has 0 bridgehead atoms. The molecule has 1 unspecified atom stereocenters. The lowest BCUT2D eigenvalue weighted by Gasteiger charge is -2.29. The molecule has 21 heavy (non-hydrogen) atoms. The van der Waals surface area contributed by atoms with E-state index >= 15 is 0 Å². The minimum Gasteiger partial charge on any atom is -0.494 e. The second-order valence-corrected chi connectivity index (χ2v) is 5.96. The van der Waals surface area contributed by atoms with E-state index in [0.717, 1.165) is 31.9 Å². The smallest absolute Gasteiger partial charge is 0.131 e. The number of nitrogens with zero attached hydrogens (tertiary/aromatic N) is 1. The molecular weight excluding hydrogens is 262 g/mol. The fourth-order valence-corrected chi connectivity index (χ4v) is 3.07. The van der Waals surface area contributed by atoms with Crippen LogP contribution in [0, 0.1) is 0 Å². The van der Waals surface area contributed by atoms with Crippen molar-refractivity contribution in [1.29, 1.82) is 0 Å². The Morgan fingerprint density at radius 1 is 1.24 bits per heavy atom. The molecule has 0 saturated carbocycles. The van der Waals surface area contributed by atoms with E-state index in [2.05, 4.69) is 4.90 Å². The number of hydrogen-bond acceptors (Lipinski definition) is 3. The van der Waals surface area contributed by atoms with Crippen molar-refractivity contribution in [2.24, 2.45) is 0 Å². The van der Waals surface area contributed by atoms with Gasteiger partial charge in [-0.1, -0.05) is 31.0 Å². The standard InChI is InChI=1S/C18H27NO2/c1-16(20)15-17-9-4-3-7-12-19(17)13-8-14-21-18-10-5-2-6-11-18/h2,5-6,10-11,17H,3-4,7-9,12-15H2,1H3. The van der Waals surface area contributed by atoms with Crippen LogP contribution in [0.2, 0.25) is 0 Å². The highest BCUT2D eigenvalue weighted by Gasteiger charge is 2.21. The summed E-state index contributed by atoms with van der Waals surface area (Å²) in [6, 6.07) is 10.4. The first-order valence-corrected chi connectivity index (χ1v) is 8.17. The maximum atomic E-state index is 11.4. The van der Waals surface area contributed by atoms with Crippen LogP contribution >= 0.6 is 0 Å². The summed E-state index contributed by atoms with van der Waals surface area (Å²) in [7, 11) is 0. The Hall–Kier alpha value is -1.35. The first kappa shape index (κ1) is 16.0. The molecule has 1 saturated heterocycles. The minimum absolute atomic E-state index is 0.312. The highest BCUT2D eigenvalue weighted by atomic mass is 16.5. The van der Waals surface area contributed by atoms with Gasteiger partial charge < -0.3 is 4.74 Å². The van der Waals surface area contributed by atoms with Gasteiger partial charge in [0.2, 0.25) is 0 Å². The van der Waals surface area contributed by atoms with Crippen LogP contribution in [-0.2, 0) is 4.79 Å². The summed E-state index contributed by atoms with van der Waals surface area (Å²) >= 11 is 0. The molecule has 3 heteroatoms. The van der Waals surface area contributed by atoms with Crippen molar-refractivity contribution in [3.05, 3.63) is 30.3 Å². The third-order valence-electron chi connectivity index (χ3n) is 4.12. The average Bonchev–Trinajstić information content (AvgIpc) is 2.70. The predicted octanol–water partition coefficient (Wildman–Crippen LogP) is 3.68. The van der Waals surface area contributed by atoms with E-state index in [4.69, 9.17) is 4.74 Å². The molecule has 0 aliphatic carbocycles. The van der Waals surface area contributed by atoms with E-state index in [1.54, 1.807) is 6.92 Å². The van der Waals surface area contributed by atoms with Gasteiger partial charge in [0.1, 0.15) is 11.5 Å². The molecule has 1 aliphatic heterocycles. The number of rotatable bonds is 7. The van der Waals surface area contributed by atoms with Crippen LogP contribution < -0.4 is 4.74 Å². The summed E-state index contributed by atoms with van der Waals surface area (Å²) in [4.78, 5) is 13.9. The van der Waals surface area contributed by atoms with Crippen molar-refractivity contribution < 1.29 is 9.53 Å². The lowest BCUT2D eigenvalue weighted by atomic mass is 10.0. The largest absolute Gasteiger partial charge is 0.494 e. The molecule has 0 aromatic heterocycles. The monoisotopic (exact) mass is 289 g/mol. The van der Waals surface area contributed by atoms with E-state index in [-0.39, 0.29) is 0 Å². The Labute approximate surface area is 128 Å². The zero-order chi connectivity index (χ0) is 14.9. The van der Waals surface area contributed by atoms with E-state index in [1.807, 2.05) is 30.3 Å². The van der Waals surface area contributed by atoms with E-state index in [9.17, 15) is 4.79 Å². The Morgan fingerprint density at radius 2 is 2.05 bits per heavy atom. The first-order valence-electron chi connectivity index (χ1n) is 8.17. The van der Waals surface area contributed by atoms with Gasteiger partial charge in [-0.25, -0.2) is 0 Å². The molecule has 0 amide bonds. The number of ketones is 1. The van der Waals surface area contributed by atoms with E-state index in [1.165, 1.54) is 25.7 Å². The maximum Gasteiger partial charge on any atom is 0.131 e. The molecule has 116 valence electrons. The van der Waals surface area contributed by atoms with Gasteiger partial charge in [-0.05, 0) is 44.9 Å². The Kier molecular flexibility index (Phi) is 6.74. The maximum absolute atomic E-state index is 11.4. The van der Waals surface area contributed by atoms with Gasteiger partial charge in [-0.15, -0.1) is 0 Å². The van der Waals surface area contributed by atoms with Crippen molar-refractivity contribution in [3.63, 3.8) is 0 Å². The van der Waals surface area contributed by atoms with E-state index < -0.39 is 0 Å². The van der Waals surface area contributed by atoms with Crippen LogP contribution in [-0.4, -0.2) is 36.4 Å². The first-order chi connectivity index (χ1) is 10.3. The summed E-state index contributed by atoms with van der Waals surface area (Å²) in [6.45, 7) is 4.61. The number of carbonyl (C=O) groups is 1. The van der Waals surface area contributed by atoms with Crippen molar-refractivity contribution in [3.8, 4) is 5.75 Å². The molecule has 2 rings (SSSR count). The van der Waals surface area contributed by atoms with E-state index in [0.29, 0.717) is 18.2 Å². The predicted molar refractivity (Wildman–Crippen MR) is 85.7 cm³/mol. The zero-order valence-electron chi connectivity index (χ0n) is 13.1. The molecule has 1 aliphatic rings. The van der Waals surface area contributed by atoms with Crippen LogP contribution in [0.4, 0.5) is 0 Å². The summed E-state index contributed by atoms with van der Waals surface area (Å²) in [5.74, 6) is 1.25. The minimum atomic E-state index is 0.312. The second kappa shape index (κ2) is 8.83. The number of carbonyl (C=O) groups excluding carboxylic acids is 1. The summed E-state index contributed by atoms with van der Waals surface area (Å²) in [6.07, 6.45) is 6.70. The molecule has 1 aromatic rings. The molecule has 3 nitrogen and oxygen atoms in total. The van der Waals surface area contributed by atoms with Crippen molar-refractivity contribution in [1.82, 2.24) is 4.90 Å². The van der Waals surface area contributed by atoms with Crippen molar-refractivity contribution in [2.45, 2.75) is 51.5 Å². The van der Waals surface area contributed by atoms with Gasteiger partial charge >= 0.3 is 0 Å². The van der Waals surface area contributed by atoms with Crippen LogP contribution in [0.1, 0.15) is 45.4 Å². The lowest BCUT2D eigenvalue weighted by Crippen LogP contribution is -2.37. The Morgan fingerprint density at radius 3 is 2.81 bits per heavy atom. The fraction of sp³-hybridized carbons (Fsp3) is 0.611. The molecule has 0 radical (unpaired) electrons. The van der Waals surface area contributed by atoms with Gasteiger partial charge in [-0.2, -0.15) is 0 Å². The van der Waals surface area contributed by atoms with Gasteiger partial charge in [0.25, 0.3) is 0 Å². The van der Waals surface area contributed by atoms with Gasteiger partial charge in [0.05, 0.1) is 6.61 Å². The Bertz CT molecular complexity index is 418. The quantitative estimate of drug-likeness (QED) is 0.717. The summed E-state index contributed by atoms with van der Waals surface area (Å²) < 4.78 is 5.75. The number of hydrogen-bond donors (Lipinski definition) is 0. The van der Waals surface area contributed by atoms with Crippen LogP contribution in [0.25, 0.3) is 0 Å². The third-order valence-corrected chi connectivity index (χ3v) is 4.12. The number of para-hydroxylation sites is 1. The summed E-state index contributed by atoms with van der Waals surface area (Å²) in [5.41, 5.74) is 0. The highest BCUT2D eigenvalue weighted by Crippen LogP contribution is 2.20. The molecule has 1 heterocycles. The number of Topliss-reactive ketones (excluding diaryl/α,β-unsaturated/α-hetero) is 1. The van der Waals surface area contributed by atoms with Gasteiger partial charge in [-0.3, -0.25) is 9.69 Å². The fourth-order valence-electron chi connectivity index (χ4n) is 3.07. The molecule has 1 atom stereocenters. The number of ether oxygens (including phenoxy) is 1. The van der Waals surface area contributed by atoms with Crippen LogP contribution in [0.5, 0.6) is 5.75 Å². The third kappa shape index (κ3) is 5.88. The number of benzene rings is 1. The number of likely N-dealkylation sites (tertiary alicyclic amines) is 1.